The van der Waals surface area contributed by atoms with Crippen molar-refractivity contribution in [1.82, 2.24) is 14.9 Å². The number of amides is 1. The van der Waals surface area contributed by atoms with E-state index in [-0.39, 0.29) is 28.5 Å². The van der Waals surface area contributed by atoms with E-state index < -0.39 is 11.4 Å². The summed E-state index contributed by atoms with van der Waals surface area (Å²) in [6.45, 7) is 6.24. The van der Waals surface area contributed by atoms with E-state index in [0.717, 1.165) is 44.9 Å². The number of benzene rings is 1. The maximum absolute atomic E-state index is 14.6. The normalized spacial score (nSPS) is 19.8. The first-order chi connectivity index (χ1) is 15.7. The summed E-state index contributed by atoms with van der Waals surface area (Å²) < 4.78 is 20.2. The summed E-state index contributed by atoms with van der Waals surface area (Å²) in [4.78, 5) is 34.4. The molecule has 1 saturated carbocycles. The molecule has 2 N–H and O–H groups in total. The predicted molar refractivity (Wildman–Crippen MR) is 130 cm³/mol. The van der Waals surface area contributed by atoms with Gasteiger partial charge in [0.15, 0.2) is 0 Å². The molecule has 7 nitrogen and oxygen atoms in total. The second-order valence-corrected chi connectivity index (χ2v) is 11.1. The minimum Gasteiger partial charge on any atom is -0.444 e. The van der Waals surface area contributed by atoms with E-state index >= 15 is 0 Å². The largest absolute Gasteiger partial charge is 0.444 e. The maximum atomic E-state index is 14.6. The van der Waals surface area contributed by atoms with E-state index in [1.807, 2.05) is 20.8 Å². The van der Waals surface area contributed by atoms with Gasteiger partial charge in [-0.2, -0.15) is 0 Å². The van der Waals surface area contributed by atoms with Crippen LogP contribution in [0.2, 0.25) is 0 Å². The Morgan fingerprint density at radius 2 is 1.97 bits per heavy atom. The molecular formula is C24H33FN4O3S. The molecule has 2 fully saturated rings. The van der Waals surface area contributed by atoms with Gasteiger partial charge in [0.25, 0.3) is 5.56 Å². The topological polar surface area (TPSA) is 87.3 Å². The Balaban J connectivity index is 1.49. The van der Waals surface area contributed by atoms with Crippen molar-refractivity contribution < 1.29 is 13.9 Å². The summed E-state index contributed by atoms with van der Waals surface area (Å²) in [5.74, 6) is 0.530. The molecule has 1 unspecified atom stereocenters. The zero-order valence-corrected chi connectivity index (χ0v) is 20.4. The van der Waals surface area contributed by atoms with Crippen LogP contribution in [-0.2, 0) is 10.5 Å². The molecule has 1 amide bonds. The van der Waals surface area contributed by atoms with Crippen LogP contribution in [0.4, 0.5) is 14.9 Å². The quantitative estimate of drug-likeness (QED) is 0.601. The maximum Gasteiger partial charge on any atom is 0.411 e. The lowest BCUT2D eigenvalue weighted by molar-refractivity contribution is 0.0186. The fourth-order valence-electron chi connectivity index (χ4n) is 4.46. The molecule has 4 rings (SSSR count). The molecule has 2 heterocycles. The first-order valence-electron chi connectivity index (χ1n) is 11.8. The number of aromatic amines is 1. The summed E-state index contributed by atoms with van der Waals surface area (Å²) in [5, 5.41) is 3.47. The lowest BCUT2D eigenvalue weighted by Gasteiger charge is -2.36. The molecule has 33 heavy (non-hydrogen) atoms. The van der Waals surface area contributed by atoms with Crippen LogP contribution in [0.1, 0.15) is 71.5 Å². The highest BCUT2D eigenvalue weighted by molar-refractivity contribution is 7.99. The number of carbonyl (C=O) groups is 1. The Morgan fingerprint density at radius 1 is 1.24 bits per heavy atom. The molecule has 1 aromatic carbocycles. The van der Waals surface area contributed by atoms with Crippen LogP contribution in [0.5, 0.6) is 0 Å². The van der Waals surface area contributed by atoms with Crippen molar-refractivity contribution >= 4 is 34.4 Å². The van der Waals surface area contributed by atoms with Crippen LogP contribution in [-0.4, -0.2) is 44.5 Å². The second kappa shape index (κ2) is 9.91. The number of hydrogen-bond donors (Lipinski definition) is 2. The van der Waals surface area contributed by atoms with Crippen molar-refractivity contribution in [3.05, 3.63) is 34.1 Å². The zero-order valence-electron chi connectivity index (χ0n) is 19.6. The fourth-order valence-corrected chi connectivity index (χ4v) is 5.65. The van der Waals surface area contributed by atoms with Gasteiger partial charge in [0.05, 0.1) is 27.7 Å². The molecule has 1 aromatic heterocycles. The van der Waals surface area contributed by atoms with Gasteiger partial charge < -0.3 is 15.0 Å². The number of carbonyl (C=O) groups excluding carboxylic acids is 1. The van der Waals surface area contributed by atoms with Crippen molar-refractivity contribution in [3.8, 4) is 0 Å². The van der Waals surface area contributed by atoms with Crippen LogP contribution in [0.15, 0.2) is 16.9 Å². The van der Waals surface area contributed by atoms with Crippen LogP contribution in [0.3, 0.4) is 0 Å². The average Bonchev–Trinajstić information content (AvgIpc) is 3.25. The van der Waals surface area contributed by atoms with Crippen LogP contribution in [0, 0.1) is 5.82 Å². The lowest BCUT2D eigenvalue weighted by atomic mass is 10.1. The standard InChI is InChI=1S/C24H33FN4O3S/c1-24(2,3)32-23(31)29-11-7-6-10-21(29)33-14-20-27-18-13-19(26-15-8-4-5-9-15)17(25)12-16(18)22(30)28-20/h12-13,15,21,26H,4-11,14H2,1-3H3,(H,27,28,30). The van der Waals surface area contributed by atoms with Crippen molar-refractivity contribution in [2.45, 2.75) is 88.5 Å². The predicted octanol–water partition coefficient (Wildman–Crippen LogP) is 5.40. The number of H-pyrrole nitrogens is 1. The number of anilines is 1. The van der Waals surface area contributed by atoms with E-state index in [9.17, 15) is 14.0 Å². The number of piperidine rings is 1. The van der Waals surface area contributed by atoms with Gasteiger partial charge in [0.2, 0.25) is 0 Å². The first kappa shape index (κ1) is 23.9. The van der Waals surface area contributed by atoms with E-state index in [2.05, 4.69) is 15.3 Å². The molecule has 9 heteroatoms. The minimum atomic E-state index is -0.547. The molecule has 2 aliphatic rings. The number of nitrogens with zero attached hydrogens (tertiary/aromatic N) is 2. The van der Waals surface area contributed by atoms with Gasteiger partial charge in [-0.1, -0.05) is 12.8 Å². The highest BCUT2D eigenvalue weighted by Gasteiger charge is 2.31. The summed E-state index contributed by atoms with van der Waals surface area (Å²) >= 11 is 1.57. The molecular weight excluding hydrogens is 443 g/mol. The van der Waals surface area contributed by atoms with Gasteiger partial charge in [-0.3, -0.25) is 9.69 Å². The molecule has 1 aliphatic carbocycles. The van der Waals surface area contributed by atoms with Crippen molar-refractivity contribution in [2.24, 2.45) is 0 Å². The Kier molecular flexibility index (Phi) is 7.16. The van der Waals surface area contributed by atoms with Gasteiger partial charge in [0.1, 0.15) is 17.2 Å². The average molecular weight is 477 g/mol. The van der Waals surface area contributed by atoms with E-state index in [4.69, 9.17) is 4.74 Å². The molecule has 0 radical (unpaired) electrons. The summed E-state index contributed by atoms with van der Waals surface area (Å²) in [6, 6.07) is 3.17. The third-order valence-electron chi connectivity index (χ3n) is 6.05. The number of fused-ring (bicyclic) bond motifs is 1. The SMILES string of the molecule is CC(C)(C)OC(=O)N1CCCCC1SCc1nc2cc(NC3CCCC3)c(F)cc2c(=O)[nH]1. The van der Waals surface area contributed by atoms with Crippen molar-refractivity contribution in [2.75, 3.05) is 11.9 Å². The fraction of sp³-hybridized carbons (Fsp3) is 0.625. The number of halogens is 1. The van der Waals surface area contributed by atoms with Crippen LogP contribution < -0.4 is 10.9 Å². The van der Waals surface area contributed by atoms with Crippen LogP contribution in [0.25, 0.3) is 10.9 Å². The Labute approximate surface area is 197 Å². The number of nitrogens with one attached hydrogen (secondary N) is 2. The van der Waals surface area contributed by atoms with Gasteiger partial charge in [0, 0.05) is 12.6 Å². The lowest BCUT2D eigenvalue weighted by Crippen LogP contribution is -2.44. The summed E-state index contributed by atoms with van der Waals surface area (Å²) in [6.07, 6.45) is 6.88. The molecule has 2 aromatic rings. The summed E-state index contributed by atoms with van der Waals surface area (Å²) in [5.41, 5.74) is -0.0260. The minimum absolute atomic E-state index is 0.0394. The van der Waals surface area contributed by atoms with Gasteiger partial charge in [-0.25, -0.2) is 14.2 Å². The number of thioether (sulfide) groups is 1. The third-order valence-corrected chi connectivity index (χ3v) is 7.36. The van der Waals surface area contributed by atoms with Gasteiger partial charge in [-0.05, 0) is 65.0 Å². The molecule has 0 bridgehead atoms. The van der Waals surface area contributed by atoms with Gasteiger partial charge in [-0.15, -0.1) is 11.8 Å². The number of rotatable bonds is 5. The van der Waals surface area contributed by atoms with Gasteiger partial charge >= 0.3 is 6.09 Å². The first-order valence-corrected chi connectivity index (χ1v) is 12.8. The second-order valence-electron chi connectivity index (χ2n) is 9.92. The number of hydrogen-bond acceptors (Lipinski definition) is 6. The highest BCUT2D eigenvalue weighted by Crippen LogP contribution is 2.30. The smallest absolute Gasteiger partial charge is 0.411 e. The molecule has 180 valence electrons. The Morgan fingerprint density at radius 3 is 2.70 bits per heavy atom. The Hall–Kier alpha value is -2.29. The molecule has 1 saturated heterocycles. The monoisotopic (exact) mass is 476 g/mol. The molecule has 1 aliphatic heterocycles. The van der Waals surface area contributed by atoms with E-state index in [0.29, 0.717) is 29.3 Å². The molecule has 0 spiro atoms. The summed E-state index contributed by atoms with van der Waals surface area (Å²) in [7, 11) is 0. The van der Waals surface area contributed by atoms with Crippen molar-refractivity contribution in [1.29, 1.82) is 0 Å². The number of ether oxygens (including phenoxy) is 1. The highest BCUT2D eigenvalue weighted by atomic mass is 32.2. The van der Waals surface area contributed by atoms with Crippen LogP contribution >= 0.6 is 11.8 Å². The van der Waals surface area contributed by atoms with Crippen molar-refractivity contribution in [3.63, 3.8) is 0 Å². The number of aromatic nitrogens is 2. The number of likely N-dealkylation sites (tertiary alicyclic amines) is 1. The van der Waals surface area contributed by atoms with E-state index in [1.54, 1.807) is 22.7 Å². The molecule has 1 atom stereocenters. The van der Waals surface area contributed by atoms with E-state index in [1.165, 1.54) is 6.07 Å². The Bertz CT molecular complexity index is 1060. The third kappa shape index (κ3) is 5.99. The zero-order chi connectivity index (χ0) is 23.6.